The van der Waals surface area contributed by atoms with E-state index < -0.39 is 12.1 Å². The molecular formula is C24H22N2O5S. The lowest BCUT2D eigenvalue weighted by atomic mass is 10.1. The van der Waals surface area contributed by atoms with Gasteiger partial charge in [-0.1, -0.05) is 30.3 Å². The van der Waals surface area contributed by atoms with Gasteiger partial charge in [0.05, 0.1) is 30.4 Å². The summed E-state index contributed by atoms with van der Waals surface area (Å²) in [5.41, 5.74) is 2.01. The zero-order chi connectivity index (χ0) is 22.5. The Morgan fingerprint density at radius 3 is 2.62 bits per heavy atom. The lowest BCUT2D eigenvalue weighted by Gasteiger charge is -2.14. The maximum absolute atomic E-state index is 13.1. The van der Waals surface area contributed by atoms with Crippen LogP contribution in [0.2, 0.25) is 0 Å². The molecule has 0 radical (unpaired) electrons. The number of aliphatic hydroxyl groups is 1. The van der Waals surface area contributed by atoms with E-state index in [9.17, 15) is 14.7 Å². The van der Waals surface area contributed by atoms with Crippen LogP contribution in [0.25, 0.3) is 21.3 Å². The Morgan fingerprint density at radius 2 is 1.91 bits per heavy atom. The number of fused-ring (bicyclic) bond motifs is 1. The summed E-state index contributed by atoms with van der Waals surface area (Å²) < 4.78 is 12.0. The molecule has 0 spiro atoms. The smallest absolute Gasteiger partial charge is 0.338 e. The van der Waals surface area contributed by atoms with Crippen molar-refractivity contribution >= 4 is 27.5 Å². The number of hydrogen-bond acceptors (Lipinski definition) is 7. The van der Waals surface area contributed by atoms with Gasteiger partial charge in [0.2, 0.25) is 0 Å². The second-order valence-corrected chi connectivity index (χ2v) is 7.97. The summed E-state index contributed by atoms with van der Waals surface area (Å²) in [6.45, 7) is 2.09. The van der Waals surface area contributed by atoms with Crippen LogP contribution in [-0.4, -0.2) is 39.9 Å². The first kappa shape index (κ1) is 21.7. The molecule has 4 rings (SSSR count). The lowest BCUT2D eigenvalue weighted by molar-refractivity contribution is 0.0526. The van der Waals surface area contributed by atoms with Crippen LogP contribution in [0.5, 0.6) is 5.75 Å². The molecule has 8 heteroatoms. The second kappa shape index (κ2) is 9.76. The third kappa shape index (κ3) is 4.71. The normalized spacial score (nSPS) is 11.9. The first-order valence-electron chi connectivity index (χ1n) is 10.2. The average Bonchev–Trinajstić information content (AvgIpc) is 3.26. The summed E-state index contributed by atoms with van der Waals surface area (Å²) in [6.07, 6.45) is 0.531. The number of hydrogen-bond donors (Lipinski definition) is 1. The highest BCUT2D eigenvalue weighted by molar-refractivity contribution is 7.17. The van der Waals surface area contributed by atoms with Crippen molar-refractivity contribution in [1.82, 2.24) is 9.55 Å². The monoisotopic (exact) mass is 450 g/mol. The summed E-state index contributed by atoms with van der Waals surface area (Å²) in [6, 6.07) is 16.2. The van der Waals surface area contributed by atoms with Crippen molar-refractivity contribution in [2.24, 2.45) is 0 Å². The summed E-state index contributed by atoms with van der Waals surface area (Å²) in [5.74, 6) is 0.104. The molecule has 32 heavy (non-hydrogen) atoms. The molecule has 0 amide bonds. The number of nitrogens with zero attached hydrogens (tertiary/aromatic N) is 2. The molecule has 164 valence electrons. The predicted octanol–water partition coefficient (Wildman–Crippen LogP) is 3.74. The molecule has 0 aliphatic heterocycles. The lowest BCUT2D eigenvalue weighted by Crippen LogP contribution is -2.30. The quantitative estimate of drug-likeness (QED) is 0.411. The minimum Gasteiger partial charge on any atom is -0.491 e. The van der Waals surface area contributed by atoms with Gasteiger partial charge in [0.1, 0.15) is 23.3 Å². The first-order chi connectivity index (χ1) is 15.6. The van der Waals surface area contributed by atoms with Crippen LogP contribution < -0.4 is 10.3 Å². The Kier molecular flexibility index (Phi) is 6.63. The number of carbonyl (C=O) groups is 1. The summed E-state index contributed by atoms with van der Waals surface area (Å²) in [4.78, 5) is 29.8. The third-order valence-electron chi connectivity index (χ3n) is 4.86. The fraction of sp³-hybridized carbons (Fsp3) is 0.208. The molecular weight excluding hydrogens is 428 g/mol. The SMILES string of the molecule is CCOC(=O)c1ccc(OCC(O)Cn2cnc3scc(-c4ccccc4)c3c2=O)cc1. The van der Waals surface area contributed by atoms with E-state index >= 15 is 0 Å². The van der Waals surface area contributed by atoms with Gasteiger partial charge in [0, 0.05) is 10.9 Å². The van der Waals surface area contributed by atoms with Crippen molar-refractivity contribution in [3.63, 3.8) is 0 Å². The third-order valence-corrected chi connectivity index (χ3v) is 5.75. The second-order valence-electron chi connectivity index (χ2n) is 7.11. The van der Waals surface area contributed by atoms with Crippen molar-refractivity contribution in [1.29, 1.82) is 0 Å². The standard InChI is InChI=1S/C24H22N2O5S/c1-2-30-24(29)17-8-10-19(11-9-17)31-13-18(27)12-26-15-25-22-21(23(26)28)20(14-32-22)16-6-4-3-5-7-16/h3-11,14-15,18,27H,2,12-13H2,1H3. The number of benzene rings is 2. The zero-order valence-electron chi connectivity index (χ0n) is 17.4. The van der Waals surface area contributed by atoms with Gasteiger partial charge in [-0.2, -0.15) is 0 Å². The minimum atomic E-state index is -0.921. The van der Waals surface area contributed by atoms with E-state index in [1.165, 1.54) is 22.2 Å². The molecule has 2 aromatic carbocycles. The summed E-state index contributed by atoms with van der Waals surface area (Å²) in [7, 11) is 0. The van der Waals surface area contributed by atoms with Gasteiger partial charge in [0.15, 0.2) is 0 Å². The molecule has 0 fully saturated rings. The van der Waals surface area contributed by atoms with E-state index in [-0.39, 0.29) is 18.7 Å². The van der Waals surface area contributed by atoms with E-state index in [2.05, 4.69) is 4.98 Å². The Balaban J connectivity index is 1.45. The topological polar surface area (TPSA) is 90.7 Å². The van der Waals surface area contributed by atoms with Gasteiger partial charge >= 0.3 is 5.97 Å². The molecule has 0 aliphatic carbocycles. The molecule has 0 bridgehead atoms. The van der Waals surface area contributed by atoms with Gasteiger partial charge in [-0.3, -0.25) is 9.36 Å². The van der Waals surface area contributed by atoms with E-state index in [0.29, 0.717) is 28.1 Å². The number of aliphatic hydroxyl groups excluding tert-OH is 1. The summed E-state index contributed by atoms with van der Waals surface area (Å²) >= 11 is 1.42. The van der Waals surface area contributed by atoms with E-state index in [1.54, 1.807) is 31.2 Å². The fourth-order valence-corrected chi connectivity index (χ4v) is 4.21. The molecule has 1 unspecified atom stereocenters. The number of esters is 1. The van der Waals surface area contributed by atoms with Gasteiger partial charge in [-0.15, -0.1) is 11.3 Å². The minimum absolute atomic E-state index is 0.0155. The van der Waals surface area contributed by atoms with Crippen molar-refractivity contribution in [2.45, 2.75) is 19.6 Å². The molecule has 1 N–H and O–H groups in total. The van der Waals surface area contributed by atoms with Crippen molar-refractivity contribution in [3.8, 4) is 16.9 Å². The molecule has 0 saturated heterocycles. The van der Waals surface area contributed by atoms with Gasteiger partial charge in [0.25, 0.3) is 5.56 Å². The highest BCUT2D eigenvalue weighted by Crippen LogP contribution is 2.30. The van der Waals surface area contributed by atoms with Crippen molar-refractivity contribution in [2.75, 3.05) is 13.2 Å². The van der Waals surface area contributed by atoms with E-state index in [1.807, 2.05) is 35.7 Å². The number of thiophene rings is 1. The molecule has 7 nitrogen and oxygen atoms in total. The van der Waals surface area contributed by atoms with E-state index in [4.69, 9.17) is 9.47 Å². The largest absolute Gasteiger partial charge is 0.491 e. The first-order valence-corrected chi connectivity index (χ1v) is 11.0. The maximum atomic E-state index is 13.1. The molecule has 0 aliphatic rings. The van der Waals surface area contributed by atoms with Crippen LogP contribution in [0.15, 0.2) is 71.1 Å². The van der Waals surface area contributed by atoms with Crippen LogP contribution in [0.3, 0.4) is 0 Å². The fourth-order valence-electron chi connectivity index (χ4n) is 3.30. The van der Waals surface area contributed by atoms with Gasteiger partial charge in [-0.25, -0.2) is 9.78 Å². The number of rotatable bonds is 8. The van der Waals surface area contributed by atoms with Crippen LogP contribution in [-0.2, 0) is 11.3 Å². The molecule has 4 aromatic rings. The highest BCUT2D eigenvalue weighted by atomic mass is 32.1. The molecule has 1 atom stereocenters. The Bertz CT molecular complexity index is 1270. The Morgan fingerprint density at radius 1 is 1.16 bits per heavy atom. The van der Waals surface area contributed by atoms with Crippen LogP contribution in [0.4, 0.5) is 0 Å². The zero-order valence-corrected chi connectivity index (χ0v) is 18.2. The van der Waals surface area contributed by atoms with Crippen LogP contribution in [0, 0.1) is 0 Å². The van der Waals surface area contributed by atoms with Crippen molar-refractivity contribution < 1.29 is 19.4 Å². The van der Waals surface area contributed by atoms with Gasteiger partial charge in [-0.05, 0) is 36.8 Å². The predicted molar refractivity (Wildman–Crippen MR) is 123 cm³/mol. The number of ether oxygens (including phenoxy) is 2. The summed E-state index contributed by atoms with van der Waals surface area (Å²) in [5, 5.41) is 12.9. The molecule has 2 heterocycles. The van der Waals surface area contributed by atoms with Crippen LogP contribution >= 0.6 is 11.3 Å². The number of aromatic nitrogens is 2. The Hall–Kier alpha value is -3.49. The van der Waals surface area contributed by atoms with Gasteiger partial charge < -0.3 is 14.6 Å². The number of carbonyl (C=O) groups excluding carboxylic acids is 1. The van der Waals surface area contributed by atoms with Crippen molar-refractivity contribution in [3.05, 3.63) is 82.2 Å². The molecule has 0 saturated carbocycles. The molecule has 2 aromatic heterocycles. The Labute approximate surface area is 188 Å². The highest BCUT2D eigenvalue weighted by Gasteiger charge is 2.15. The van der Waals surface area contributed by atoms with Crippen LogP contribution in [0.1, 0.15) is 17.3 Å². The maximum Gasteiger partial charge on any atom is 0.338 e. The average molecular weight is 451 g/mol. The van der Waals surface area contributed by atoms with E-state index in [0.717, 1.165) is 11.1 Å².